The van der Waals surface area contributed by atoms with Gasteiger partial charge in [-0.2, -0.15) is 23.5 Å². The van der Waals surface area contributed by atoms with E-state index < -0.39 is 0 Å². The first-order chi connectivity index (χ1) is 13.9. The standard InChI is InChI=1S/C22H32N4S2/c1-3-9-23-21(7-1)19-25-11-5-15-27-17-13-26(14-18-28-16-6-12-25)20-22-8-2-4-10-24-22/h1-4,7-10H,5-6,11-20H2. The predicted molar refractivity (Wildman–Crippen MR) is 123 cm³/mol. The van der Waals surface area contributed by atoms with Crippen LogP contribution in [0.4, 0.5) is 0 Å². The number of thioether (sulfide) groups is 2. The number of nitrogens with zero attached hydrogens (tertiary/aromatic N) is 4. The van der Waals surface area contributed by atoms with E-state index in [0.29, 0.717) is 0 Å². The zero-order valence-corrected chi connectivity index (χ0v) is 18.3. The SMILES string of the molecule is c1ccc(CN2CCCSCCN(Cc3ccccn3)CCSCCC2)nc1. The van der Waals surface area contributed by atoms with Crippen LogP contribution in [0, 0.1) is 0 Å². The lowest BCUT2D eigenvalue weighted by Gasteiger charge is -2.24. The molecule has 1 saturated heterocycles. The minimum absolute atomic E-state index is 0.972. The third-order valence-corrected chi connectivity index (χ3v) is 6.95. The maximum Gasteiger partial charge on any atom is 0.0543 e. The number of hydrogen-bond donors (Lipinski definition) is 0. The molecule has 0 saturated carbocycles. The molecule has 0 amide bonds. The largest absolute Gasteiger partial charge is 0.297 e. The molecule has 6 heteroatoms. The summed E-state index contributed by atoms with van der Waals surface area (Å²) in [5, 5.41) is 0. The van der Waals surface area contributed by atoms with Crippen molar-refractivity contribution in [2.24, 2.45) is 0 Å². The molecule has 1 aliphatic heterocycles. The fraction of sp³-hybridized carbons (Fsp3) is 0.545. The molecule has 0 aliphatic carbocycles. The summed E-state index contributed by atoms with van der Waals surface area (Å²) in [7, 11) is 0. The highest BCUT2D eigenvalue weighted by Crippen LogP contribution is 2.12. The van der Waals surface area contributed by atoms with Crippen molar-refractivity contribution in [3.05, 3.63) is 60.2 Å². The molecule has 0 radical (unpaired) electrons. The molecular weight excluding hydrogens is 384 g/mol. The van der Waals surface area contributed by atoms with Gasteiger partial charge in [-0.1, -0.05) is 12.1 Å². The van der Waals surface area contributed by atoms with Crippen LogP contribution in [-0.4, -0.2) is 69.0 Å². The van der Waals surface area contributed by atoms with Gasteiger partial charge in [-0.25, -0.2) is 0 Å². The molecule has 0 spiro atoms. The summed E-state index contributed by atoms with van der Waals surface area (Å²) < 4.78 is 0. The molecular formula is C22H32N4S2. The average Bonchev–Trinajstić information content (AvgIpc) is 2.73. The lowest BCUT2D eigenvalue weighted by atomic mass is 10.3. The van der Waals surface area contributed by atoms with Crippen molar-refractivity contribution in [1.29, 1.82) is 0 Å². The smallest absolute Gasteiger partial charge is 0.0543 e. The van der Waals surface area contributed by atoms with Gasteiger partial charge in [0.15, 0.2) is 0 Å². The van der Waals surface area contributed by atoms with Gasteiger partial charge in [0, 0.05) is 50.1 Å². The highest BCUT2D eigenvalue weighted by atomic mass is 32.2. The zero-order valence-electron chi connectivity index (χ0n) is 16.7. The monoisotopic (exact) mass is 416 g/mol. The van der Waals surface area contributed by atoms with Gasteiger partial charge >= 0.3 is 0 Å². The fourth-order valence-electron chi connectivity index (χ4n) is 3.35. The fourth-order valence-corrected chi connectivity index (χ4v) is 5.20. The van der Waals surface area contributed by atoms with Crippen LogP contribution >= 0.6 is 23.5 Å². The van der Waals surface area contributed by atoms with Crippen molar-refractivity contribution in [2.45, 2.75) is 25.9 Å². The Balaban J connectivity index is 1.45. The van der Waals surface area contributed by atoms with Gasteiger partial charge in [-0.05, 0) is 61.7 Å². The van der Waals surface area contributed by atoms with Crippen molar-refractivity contribution >= 4 is 23.5 Å². The Bertz CT molecular complexity index is 568. The first-order valence-electron chi connectivity index (χ1n) is 10.3. The van der Waals surface area contributed by atoms with Gasteiger partial charge in [0.25, 0.3) is 0 Å². The molecule has 3 heterocycles. The molecule has 0 aromatic carbocycles. The Morgan fingerprint density at radius 3 is 1.61 bits per heavy atom. The first kappa shape index (κ1) is 21.6. The van der Waals surface area contributed by atoms with Gasteiger partial charge in [0.2, 0.25) is 0 Å². The molecule has 28 heavy (non-hydrogen) atoms. The van der Waals surface area contributed by atoms with E-state index >= 15 is 0 Å². The van der Waals surface area contributed by atoms with Crippen LogP contribution < -0.4 is 0 Å². The summed E-state index contributed by atoms with van der Waals surface area (Å²) in [4.78, 5) is 14.2. The van der Waals surface area contributed by atoms with Gasteiger partial charge in [-0.15, -0.1) is 0 Å². The van der Waals surface area contributed by atoms with Crippen LogP contribution in [0.1, 0.15) is 24.2 Å². The number of hydrogen-bond acceptors (Lipinski definition) is 6. The van der Waals surface area contributed by atoms with E-state index in [-0.39, 0.29) is 0 Å². The Labute approximate surface area is 178 Å². The molecule has 0 bridgehead atoms. The van der Waals surface area contributed by atoms with Crippen molar-refractivity contribution in [3.8, 4) is 0 Å². The quantitative estimate of drug-likeness (QED) is 0.748. The second kappa shape index (κ2) is 13.2. The topological polar surface area (TPSA) is 32.3 Å². The van der Waals surface area contributed by atoms with E-state index in [1.807, 2.05) is 24.5 Å². The molecule has 2 aromatic rings. The zero-order chi connectivity index (χ0) is 19.3. The summed E-state index contributed by atoms with van der Waals surface area (Å²) in [5.74, 6) is 4.89. The highest BCUT2D eigenvalue weighted by molar-refractivity contribution is 7.99. The van der Waals surface area contributed by atoms with Crippen molar-refractivity contribution in [3.63, 3.8) is 0 Å². The predicted octanol–water partition coefficient (Wildman–Crippen LogP) is 4.04. The molecule has 0 atom stereocenters. The second-order valence-electron chi connectivity index (χ2n) is 7.13. The van der Waals surface area contributed by atoms with Crippen LogP contribution in [0.2, 0.25) is 0 Å². The molecule has 3 rings (SSSR count). The minimum atomic E-state index is 0.972. The van der Waals surface area contributed by atoms with Crippen LogP contribution in [0.5, 0.6) is 0 Å². The van der Waals surface area contributed by atoms with Crippen LogP contribution in [0.25, 0.3) is 0 Å². The van der Waals surface area contributed by atoms with Gasteiger partial charge in [0.1, 0.15) is 0 Å². The van der Waals surface area contributed by atoms with Gasteiger partial charge in [0.05, 0.1) is 11.4 Å². The maximum atomic E-state index is 4.51. The lowest BCUT2D eigenvalue weighted by molar-refractivity contribution is 0.264. The third-order valence-electron chi connectivity index (χ3n) is 4.85. The minimum Gasteiger partial charge on any atom is -0.297 e. The van der Waals surface area contributed by atoms with E-state index in [0.717, 1.165) is 26.2 Å². The Morgan fingerprint density at radius 2 is 1.14 bits per heavy atom. The Morgan fingerprint density at radius 1 is 0.643 bits per heavy atom. The Kier molecular flexibility index (Phi) is 10.2. The van der Waals surface area contributed by atoms with Gasteiger partial charge < -0.3 is 0 Å². The second-order valence-corrected chi connectivity index (χ2v) is 9.58. The van der Waals surface area contributed by atoms with E-state index in [4.69, 9.17) is 0 Å². The average molecular weight is 417 g/mol. The van der Waals surface area contributed by atoms with E-state index in [1.165, 1.54) is 60.3 Å². The summed E-state index contributed by atoms with van der Waals surface area (Å²) >= 11 is 4.18. The third kappa shape index (κ3) is 8.52. The Hall–Kier alpha value is -1.08. The van der Waals surface area contributed by atoms with E-state index in [1.54, 1.807) is 0 Å². The van der Waals surface area contributed by atoms with Crippen molar-refractivity contribution in [2.75, 3.05) is 49.2 Å². The molecule has 4 nitrogen and oxygen atoms in total. The molecule has 1 aliphatic rings. The number of aromatic nitrogens is 2. The first-order valence-corrected chi connectivity index (χ1v) is 12.6. The normalized spacial score (nSPS) is 19.1. The maximum absolute atomic E-state index is 4.51. The molecule has 2 aromatic heterocycles. The van der Waals surface area contributed by atoms with E-state index in [9.17, 15) is 0 Å². The number of pyridine rings is 2. The molecule has 0 unspecified atom stereocenters. The van der Waals surface area contributed by atoms with Crippen LogP contribution in [-0.2, 0) is 13.1 Å². The number of rotatable bonds is 4. The van der Waals surface area contributed by atoms with Gasteiger partial charge in [-0.3, -0.25) is 19.8 Å². The summed E-state index contributed by atoms with van der Waals surface area (Å²) in [6, 6.07) is 12.5. The van der Waals surface area contributed by atoms with E-state index in [2.05, 4.69) is 67.6 Å². The lowest BCUT2D eigenvalue weighted by Crippen LogP contribution is -2.30. The molecule has 1 fully saturated rings. The van der Waals surface area contributed by atoms with Crippen LogP contribution in [0.15, 0.2) is 48.8 Å². The summed E-state index contributed by atoms with van der Waals surface area (Å²) in [6.07, 6.45) is 6.32. The van der Waals surface area contributed by atoms with Crippen molar-refractivity contribution < 1.29 is 0 Å². The highest BCUT2D eigenvalue weighted by Gasteiger charge is 2.10. The van der Waals surface area contributed by atoms with Crippen LogP contribution in [0.3, 0.4) is 0 Å². The molecule has 0 N–H and O–H groups in total. The summed E-state index contributed by atoms with van der Waals surface area (Å²) in [6.45, 7) is 6.60. The summed E-state index contributed by atoms with van der Waals surface area (Å²) in [5.41, 5.74) is 2.37. The molecule has 152 valence electrons. The van der Waals surface area contributed by atoms with Crippen molar-refractivity contribution in [1.82, 2.24) is 19.8 Å².